The largest absolute Gasteiger partial charge is 0.355 e. The first kappa shape index (κ1) is 20.0. The molecule has 7 heteroatoms. The maximum absolute atomic E-state index is 13.1. The Hall–Kier alpha value is -2.28. The first-order valence-corrected chi connectivity index (χ1v) is 10.8. The van der Waals surface area contributed by atoms with Gasteiger partial charge >= 0.3 is 0 Å². The average Bonchev–Trinajstić information content (AvgIpc) is 3.24. The van der Waals surface area contributed by atoms with E-state index in [1.807, 2.05) is 0 Å². The van der Waals surface area contributed by atoms with Crippen LogP contribution in [0.3, 0.4) is 0 Å². The summed E-state index contributed by atoms with van der Waals surface area (Å²) in [6.45, 7) is 2.87. The Balaban J connectivity index is 1.29. The van der Waals surface area contributed by atoms with E-state index in [4.69, 9.17) is 4.52 Å². The van der Waals surface area contributed by atoms with Crippen molar-refractivity contribution in [1.29, 1.82) is 0 Å². The van der Waals surface area contributed by atoms with Crippen LogP contribution in [-0.4, -0.2) is 47.1 Å². The standard InChI is InChI=1S/C22H29FN4O2/c23-19-10-8-17(9-11-19)21-25-22(29-26-21)18-7-4-12-27(14-18)15-20(28)24-13-16-5-2-1-3-6-16/h8-11,16,18H,1-7,12-15H2,(H,24,28). The molecule has 2 fully saturated rings. The number of aromatic nitrogens is 2. The fourth-order valence-corrected chi connectivity index (χ4v) is 4.43. The zero-order valence-electron chi connectivity index (χ0n) is 16.8. The zero-order valence-corrected chi connectivity index (χ0v) is 16.8. The van der Waals surface area contributed by atoms with Gasteiger partial charge in [-0.1, -0.05) is 24.4 Å². The van der Waals surface area contributed by atoms with Crippen LogP contribution in [0, 0.1) is 11.7 Å². The number of hydrogen-bond donors (Lipinski definition) is 1. The summed E-state index contributed by atoms with van der Waals surface area (Å²) >= 11 is 0. The molecule has 6 nitrogen and oxygen atoms in total. The second kappa shape index (κ2) is 9.48. The number of halogens is 1. The van der Waals surface area contributed by atoms with E-state index in [1.165, 1.54) is 44.2 Å². The van der Waals surface area contributed by atoms with Crippen molar-refractivity contribution in [3.63, 3.8) is 0 Å². The minimum Gasteiger partial charge on any atom is -0.355 e. The number of nitrogens with zero attached hydrogens (tertiary/aromatic N) is 3. The molecule has 1 amide bonds. The molecule has 0 bridgehead atoms. The molecule has 0 spiro atoms. The number of piperidine rings is 1. The Labute approximate surface area is 170 Å². The van der Waals surface area contributed by atoms with Crippen molar-refractivity contribution in [1.82, 2.24) is 20.4 Å². The van der Waals surface area contributed by atoms with Crippen molar-refractivity contribution in [2.75, 3.05) is 26.2 Å². The lowest BCUT2D eigenvalue weighted by Gasteiger charge is -2.30. The highest BCUT2D eigenvalue weighted by molar-refractivity contribution is 5.78. The van der Waals surface area contributed by atoms with Gasteiger partial charge in [0, 0.05) is 18.7 Å². The van der Waals surface area contributed by atoms with E-state index >= 15 is 0 Å². The lowest BCUT2D eigenvalue weighted by Crippen LogP contribution is -2.43. The van der Waals surface area contributed by atoms with Crippen molar-refractivity contribution in [2.24, 2.45) is 5.92 Å². The Morgan fingerprint density at radius 2 is 1.93 bits per heavy atom. The third-order valence-corrected chi connectivity index (χ3v) is 6.08. The SMILES string of the molecule is O=C(CN1CCCC(c2nc(-c3ccc(F)cc3)no2)C1)NCC1CCCCC1. The summed E-state index contributed by atoms with van der Waals surface area (Å²) in [5.74, 6) is 1.65. The zero-order chi connectivity index (χ0) is 20.1. The van der Waals surface area contributed by atoms with Gasteiger partial charge in [0.25, 0.3) is 0 Å². The van der Waals surface area contributed by atoms with E-state index < -0.39 is 0 Å². The summed E-state index contributed by atoms with van der Waals surface area (Å²) in [4.78, 5) is 19.1. The molecular weight excluding hydrogens is 371 g/mol. The van der Waals surface area contributed by atoms with Gasteiger partial charge in [0.1, 0.15) is 5.82 Å². The van der Waals surface area contributed by atoms with Crippen LogP contribution >= 0.6 is 0 Å². The number of rotatable bonds is 6. The van der Waals surface area contributed by atoms with Gasteiger partial charge < -0.3 is 9.84 Å². The van der Waals surface area contributed by atoms with Gasteiger partial charge in [-0.25, -0.2) is 4.39 Å². The number of hydrogen-bond acceptors (Lipinski definition) is 5. The molecule has 1 aliphatic heterocycles. The summed E-state index contributed by atoms with van der Waals surface area (Å²) in [6, 6.07) is 6.07. The van der Waals surface area contributed by atoms with E-state index in [9.17, 15) is 9.18 Å². The molecule has 1 saturated heterocycles. The third kappa shape index (κ3) is 5.41. The highest BCUT2D eigenvalue weighted by atomic mass is 19.1. The van der Waals surface area contributed by atoms with Crippen LogP contribution in [-0.2, 0) is 4.79 Å². The van der Waals surface area contributed by atoms with E-state index in [0.717, 1.165) is 38.0 Å². The van der Waals surface area contributed by atoms with Crippen molar-refractivity contribution >= 4 is 5.91 Å². The number of carbonyl (C=O) groups is 1. The molecule has 29 heavy (non-hydrogen) atoms. The molecule has 1 atom stereocenters. The molecule has 2 heterocycles. The van der Waals surface area contributed by atoms with Gasteiger partial charge in [0.05, 0.1) is 12.5 Å². The van der Waals surface area contributed by atoms with Crippen LogP contribution in [0.25, 0.3) is 11.4 Å². The second-order valence-corrected chi connectivity index (χ2v) is 8.35. The second-order valence-electron chi connectivity index (χ2n) is 8.35. The Kier molecular flexibility index (Phi) is 6.54. The molecule has 2 aromatic rings. The predicted molar refractivity (Wildman–Crippen MR) is 108 cm³/mol. The summed E-state index contributed by atoms with van der Waals surface area (Å²) in [7, 11) is 0. The lowest BCUT2D eigenvalue weighted by molar-refractivity contribution is -0.122. The molecule has 1 aromatic heterocycles. The molecule has 4 rings (SSSR count). The molecular formula is C22H29FN4O2. The molecule has 1 unspecified atom stereocenters. The monoisotopic (exact) mass is 400 g/mol. The van der Waals surface area contributed by atoms with Crippen LogP contribution in [0.5, 0.6) is 0 Å². The fourth-order valence-electron chi connectivity index (χ4n) is 4.43. The number of likely N-dealkylation sites (tertiary alicyclic amines) is 1. The van der Waals surface area contributed by atoms with Crippen LogP contribution in [0.15, 0.2) is 28.8 Å². The fraction of sp³-hybridized carbons (Fsp3) is 0.591. The van der Waals surface area contributed by atoms with E-state index in [2.05, 4.69) is 20.4 Å². The van der Waals surface area contributed by atoms with Gasteiger partial charge in [0.2, 0.25) is 17.6 Å². The summed E-state index contributed by atoms with van der Waals surface area (Å²) < 4.78 is 18.6. The smallest absolute Gasteiger partial charge is 0.234 e. The average molecular weight is 400 g/mol. The van der Waals surface area contributed by atoms with E-state index in [1.54, 1.807) is 12.1 Å². The quantitative estimate of drug-likeness (QED) is 0.800. The van der Waals surface area contributed by atoms with Gasteiger partial charge in [-0.05, 0) is 62.4 Å². The molecule has 0 radical (unpaired) electrons. The normalized spacial score (nSPS) is 21.2. The maximum Gasteiger partial charge on any atom is 0.234 e. The first-order chi connectivity index (χ1) is 14.2. The maximum atomic E-state index is 13.1. The molecule has 1 aromatic carbocycles. The minimum atomic E-state index is -0.290. The van der Waals surface area contributed by atoms with Crippen molar-refractivity contribution in [2.45, 2.75) is 50.9 Å². The highest BCUT2D eigenvalue weighted by Gasteiger charge is 2.27. The van der Waals surface area contributed by atoms with Crippen LogP contribution < -0.4 is 5.32 Å². The number of nitrogens with one attached hydrogen (secondary N) is 1. The highest BCUT2D eigenvalue weighted by Crippen LogP contribution is 2.27. The van der Waals surface area contributed by atoms with E-state index in [0.29, 0.717) is 24.2 Å². The summed E-state index contributed by atoms with van der Waals surface area (Å²) in [5.41, 5.74) is 0.733. The third-order valence-electron chi connectivity index (χ3n) is 6.08. The van der Waals surface area contributed by atoms with Crippen molar-refractivity contribution in [3.8, 4) is 11.4 Å². The van der Waals surface area contributed by atoms with Gasteiger partial charge in [-0.2, -0.15) is 4.98 Å². The predicted octanol–water partition coefficient (Wildman–Crippen LogP) is 3.75. The summed E-state index contributed by atoms with van der Waals surface area (Å²) in [5, 5.41) is 7.17. The number of amides is 1. The lowest BCUT2D eigenvalue weighted by atomic mass is 9.89. The topological polar surface area (TPSA) is 71.3 Å². The van der Waals surface area contributed by atoms with Gasteiger partial charge in [-0.15, -0.1) is 0 Å². The Morgan fingerprint density at radius 1 is 1.14 bits per heavy atom. The van der Waals surface area contributed by atoms with Crippen molar-refractivity contribution in [3.05, 3.63) is 36.0 Å². The van der Waals surface area contributed by atoms with Crippen LogP contribution in [0.2, 0.25) is 0 Å². The number of carbonyl (C=O) groups excluding carboxylic acids is 1. The molecule has 156 valence electrons. The van der Waals surface area contributed by atoms with Crippen LogP contribution in [0.4, 0.5) is 4.39 Å². The van der Waals surface area contributed by atoms with Gasteiger partial charge in [0.15, 0.2) is 0 Å². The minimum absolute atomic E-state index is 0.105. The van der Waals surface area contributed by atoms with Gasteiger partial charge in [-0.3, -0.25) is 9.69 Å². The van der Waals surface area contributed by atoms with E-state index in [-0.39, 0.29) is 17.6 Å². The molecule has 1 aliphatic carbocycles. The molecule has 1 N–H and O–H groups in total. The molecule has 2 aliphatic rings. The summed E-state index contributed by atoms with van der Waals surface area (Å²) in [6.07, 6.45) is 8.34. The van der Waals surface area contributed by atoms with Crippen LogP contribution in [0.1, 0.15) is 56.8 Å². The molecule has 1 saturated carbocycles. The first-order valence-electron chi connectivity index (χ1n) is 10.8. The van der Waals surface area contributed by atoms with Crippen molar-refractivity contribution < 1.29 is 13.7 Å². The number of benzene rings is 1. The Morgan fingerprint density at radius 3 is 2.72 bits per heavy atom. The Bertz CT molecular complexity index is 801.